The third-order valence-electron chi connectivity index (χ3n) is 5.52. The van der Waals surface area contributed by atoms with Gasteiger partial charge in [0.2, 0.25) is 5.91 Å². The SMILES string of the molecule is CN1CCC(C(=O)N[C@]2(C)CCS(=O)(=O)C2)(c2ccccc2)CC1. The van der Waals surface area contributed by atoms with Crippen molar-refractivity contribution in [3.05, 3.63) is 35.9 Å². The first kappa shape index (κ1) is 17.4. The Morgan fingerprint density at radius 3 is 2.29 bits per heavy atom. The van der Waals surface area contributed by atoms with Gasteiger partial charge in [-0.2, -0.15) is 0 Å². The largest absolute Gasteiger partial charge is 0.349 e. The summed E-state index contributed by atoms with van der Waals surface area (Å²) in [6, 6.07) is 9.90. The minimum Gasteiger partial charge on any atom is -0.349 e. The van der Waals surface area contributed by atoms with E-state index in [9.17, 15) is 13.2 Å². The molecule has 2 heterocycles. The van der Waals surface area contributed by atoms with Gasteiger partial charge in [0.1, 0.15) is 0 Å². The van der Waals surface area contributed by atoms with E-state index < -0.39 is 20.8 Å². The number of hydrogen-bond acceptors (Lipinski definition) is 4. The number of amides is 1. The highest BCUT2D eigenvalue weighted by Crippen LogP contribution is 2.37. The van der Waals surface area contributed by atoms with E-state index in [1.165, 1.54) is 0 Å². The second-order valence-corrected chi connectivity index (χ2v) is 9.79. The van der Waals surface area contributed by atoms with Crippen LogP contribution < -0.4 is 5.32 Å². The molecule has 2 saturated heterocycles. The Balaban J connectivity index is 1.88. The van der Waals surface area contributed by atoms with Crippen molar-refractivity contribution in [2.75, 3.05) is 31.6 Å². The second-order valence-electron chi connectivity index (χ2n) is 7.61. The molecule has 0 spiro atoms. The van der Waals surface area contributed by atoms with Crippen molar-refractivity contribution in [3.63, 3.8) is 0 Å². The van der Waals surface area contributed by atoms with Gasteiger partial charge in [-0.25, -0.2) is 8.42 Å². The van der Waals surface area contributed by atoms with Gasteiger partial charge in [-0.05, 0) is 51.9 Å². The first-order chi connectivity index (χ1) is 11.2. The summed E-state index contributed by atoms with van der Waals surface area (Å²) in [6.07, 6.45) is 2.00. The Morgan fingerprint density at radius 2 is 1.75 bits per heavy atom. The topological polar surface area (TPSA) is 66.5 Å². The van der Waals surface area contributed by atoms with Gasteiger partial charge in [-0.1, -0.05) is 30.3 Å². The summed E-state index contributed by atoms with van der Waals surface area (Å²) >= 11 is 0. The summed E-state index contributed by atoms with van der Waals surface area (Å²) in [5.74, 6) is 0.169. The summed E-state index contributed by atoms with van der Waals surface area (Å²) in [5.41, 5.74) is -0.190. The monoisotopic (exact) mass is 350 g/mol. The molecule has 1 atom stereocenters. The number of hydrogen-bond donors (Lipinski definition) is 1. The molecule has 1 amide bonds. The Morgan fingerprint density at radius 1 is 1.12 bits per heavy atom. The van der Waals surface area contributed by atoms with Crippen LogP contribution in [-0.4, -0.2) is 56.4 Å². The standard InChI is InChI=1S/C18H26N2O3S/c1-17(10-13-24(22,23)14-17)19-16(21)18(8-11-20(2)12-9-18)15-6-4-3-5-7-15/h3-7H,8-14H2,1-2H3,(H,19,21)/t17-/m1/s1. The van der Waals surface area contributed by atoms with Gasteiger partial charge in [0, 0.05) is 0 Å². The lowest BCUT2D eigenvalue weighted by Crippen LogP contribution is -2.57. The van der Waals surface area contributed by atoms with Crippen LogP contribution in [0.25, 0.3) is 0 Å². The summed E-state index contributed by atoms with van der Waals surface area (Å²) in [7, 11) is -0.979. The van der Waals surface area contributed by atoms with E-state index in [1.807, 2.05) is 37.3 Å². The van der Waals surface area contributed by atoms with Crippen LogP contribution in [0.3, 0.4) is 0 Å². The third-order valence-corrected chi connectivity index (χ3v) is 7.42. The smallest absolute Gasteiger partial charge is 0.231 e. The molecule has 1 N–H and O–H groups in total. The molecule has 3 rings (SSSR count). The molecule has 132 valence electrons. The van der Waals surface area contributed by atoms with Crippen molar-refractivity contribution >= 4 is 15.7 Å². The van der Waals surface area contributed by atoms with Gasteiger partial charge in [0.15, 0.2) is 9.84 Å². The molecular weight excluding hydrogens is 324 g/mol. The van der Waals surface area contributed by atoms with Crippen molar-refractivity contribution in [3.8, 4) is 0 Å². The molecule has 6 heteroatoms. The first-order valence-corrected chi connectivity index (χ1v) is 10.3. The second kappa shape index (κ2) is 6.15. The predicted molar refractivity (Wildman–Crippen MR) is 94.7 cm³/mol. The zero-order valence-corrected chi connectivity index (χ0v) is 15.2. The number of rotatable bonds is 3. The molecular formula is C18H26N2O3S. The van der Waals surface area contributed by atoms with Crippen molar-refractivity contribution in [2.24, 2.45) is 0 Å². The molecule has 0 aliphatic carbocycles. The number of benzene rings is 1. The summed E-state index contributed by atoms with van der Waals surface area (Å²) in [5, 5.41) is 3.10. The average Bonchev–Trinajstić information content (AvgIpc) is 2.82. The van der Waals surface area contributed by atoms with E-state index in [1.54, 1.807) is 0 Å². The van der Waals surface area contributed by atoms with Gasteiger partial charge in [0.25, 0.3) is 0 Å². The lowest BCUT2D eigenvalue weighted by atomic mass is 9.71. The fourth-order valence-electron chi connectivity index (χ4n) is 3.91. The summed E-state index contributed by atoms with van der Waals surface area (Å²) in [4.78, 5) is 15.5. The van der Waals surface area contributed by atoms with Crippen molar-refractivity contribution in [1.82, 2.24) is 10.2 Å². The molecule has 24 heavy (non-hydrogen) atoms. The molecule has 2 aliphatic heterocycles. The van der Waals surface area contributed by atoms with E-state index in [0.717, 1.165) is 31.5 Å². The van der Waals surface area contributed by atoms with Crippen molar-refractivity contribution < 1.29 is 13.2 Å². The number of carbonyl (C=O) groups excluding carboxylic acids is 1. The van der Waals surface area contributed by atoms with Gasteiger partial charge in [-0.15, -0.1) is 0 Å². The number of likely N-dealkylation sites (tertiary alicyclic amines) is 1. The molecule has 2 fully saturated rings. The van der Waals surface area contributed by atoms with Crippen molar-refractivity contribution in [1.29, 1.82) is 0 Å². The first-order valence-electron chi connectivity index (χ1n) is 8.52. The normalized spacial score (nSPS) is 29.2. The molecule has 0 saturated carbocycles. The maximum absolute atomic E-state index is 13.3. The minimum absolute atomic E-state index is 0.0265. The number of nitrogens with one attached hydrogen (secondary N) is 1. The lowest BCUT2D eigenvalue weighted by Gasteiger charge is -2.41. The van der Waals surface area contributed by atoms with Crippen LogP contribution >= 0.6 is 0 Å². The van der Waals surface area contributed by atoms with Crippen molar-refractivity contribution in [2.45, 2.75) is 37.1 Å². The van der Waals surface area contributed by atoms with Crippen LogP contribution in [0.2, 0.25) is 0 Å². The average molecular weight is 350 g/mol. The maximum Gasteiger partial charge on any atom is 0.231 e. The van der Waals surface area contributed by atoms with E-state index >= 15 is 0 Å². The maximum atomic E-state index is 13.3. The summed E-state index contributed by atoms with van der Waals surface area (Å²) in [6.45, 7) is 3.57. The predicted octanol–water partition coefficient (Wildman–Crippen LogP) is 1.34. The van der Waals surface area contributed by atoms with E-state index in [0.29, 0.717) is 6.42 Å². The Bertz CT molecular complexity index is 709. The number of piperidine rings is 1. The zero-order chi connectivity index (χ0) is 17.4. The van der Waals surface area contributed by atoms with Crippen LogP contribution in [0.1, 0.15) is 31.7 Å². The minimum atomic E-state index is -3.05. The van der Waals surface area contributed by atoms with Gasteiger partial charge in [0.05, 0.1) is 22.5 Å². The number of carbonyl (C=O) groups is 1. The third kappa shape index (κ3) is 3.35. The number of sulfone groups is 1. The van der Waals surface area contributed by atoms with Crippen LogP contribution in [0.4, 0.5) is 0 Å². The van der Waals surface area contributed by atoms with Gasteiger partial charge >= 0.3 is 0 Å². The van der Waals surface area contributed by atoms with Gasteiger partial charge < -0.3 is 10.2 Å². The van der Waals surface area contributed by atoms with Crippen LogP contribution in [0.5, 0.6) is 0 Å². The highest BCUT2D eigenvalue weighted by atomic mass is 32.2. The molecule has 2 aliphatic rings. The Hall–Kier alpha value is -1.40. The highest BCUT2D eigenvalue weighted by molar-refractivity contribution is 7.91. The fourth-order valence-corrected chi connectivity index (χ4v) is 6.00. The quantitative estimate of drug-likeness (QED) is 0.893. The van der Waals surface area contributed by atoms with E-state index in [2.05, 4.69) is 17.3 Å². The van der Waals surface area contributed by atoms with Gasteiger partial charge in [-0.3, -0.25) is 4.79 Å². The Labute approximate surface area is 144 Å². The molecule has 1 aromatic rings. The van der Waals surface area contributed by atoms with E-state index in [4.69, 9.17) is 0 Å². The highest BCUT2D eigenvalue weighted by Gasteiger charge is 2.47. The zero-order valence-electron chi connectivity index (χ0n) is 14.4. The molecule has 5 nitrogen and oxygen atoms in total. The van der Waals surface area contributed by atoms with Crippen LogP contribution in [-0.2, 0) is 20.0 Å². The van der Waals surface area contributed by atoms with Crippen LogP contribution in [0, 0.1) is 0 Å². The molecule has 0 radical (unpaired) electrons. The Kier molecular flexibility index (Phi) is 4.47. The van der Waals surface area contributed by atoms with E-state index in [-0.39, 0.29) is 17.4 Å². The summed E-state index contributed by atoms with van der Waals surface area (Å²) < 4.78 is 23.7. The molecule has 0 unspecified atom stereocenters. The molecule has 1 aromatic carbocycles. The lowest BCUT2D eigenvalue weighted by molar-refractivity contribution is -0.130. The fraction of sp³-hybridized carbons (Fsp3) is 0.611. The number of nitrogens with zero attached hydrogens (tertiary/aromatic N) is 1. The molecule has 0 aromatic heterocycles. The molecule has 0 bridgehead atoms. The van der Waals surface area contributed by atoms with Crippen LogP contribution in [0.15, 0.2) is 30.3 Å².